The highest BCUT2D eigenvalue weighted by molar-refractivity contribution is 5.87. The van der Waals surface area contributed by atoms with Gasteiger partial charge in [0.05, 0.1) is 26.4 Å². The molecule has 31 heavy (non-hydrogen) atoms. The van der Waals surface area contributed by atoms with Crippen LogP contribution in [0, 0.1) is 0 Å². The first kappa shape index (κ1) is 29.1. The van der Waals surface area contributed by atoms with Gasteiger partial charge in [0.25, 0.3) is 0 Å². The summed E-state index contributed by atoms with van der Waals surface area (Å²) in [5.41, 5.74) is 5.22. The van der Waals surface area contributed by atoms with Crippen LogP contribution in [-0.4, -0.2) is 82.3 Å². The molecule has 2 amide bonds. The Kier molecular flexibility index (Phi) is 18.8. The van der Waals surface area contributed by atoms with Crippen molar-refractivity contribution >= 4 is 23.4 Å². The molecule has 0 radical (unpaired) electrons. The smallest absolute Gasteiger partial charge is 0.246 e. The molecule has 0 saturated carbocycles. The number of primary amides is 1. The number of hydrogen-bond acceptors (Lipinski definition) is 8. The number of ketones is 2. The molecule has 0 saturated heterocycles. The third-order valence-corrected chi connectivity index (χ3v) is 4.06. The number of carbonyl (C=O) groups excluding carboxylic acids is 4. The third-order valence-electron chi connectivity index (χ3n) is 4.06. The molecule has 10 nitrogen and oxygen atoms in total. The minimum atomic E-state index is -0.677. The minimum Gasteiger partial charge on any atom is -0.379 e. The molecule has 0 bridgehead atoms. The van der Waals surface area contributed by atoms with E-state index in [2.05, 4.69) is 5.32 Å². The highest BCUT2D eigenvalue weighted by atomic mass is 16.5. The van der Waals surface area contributed by atoms with Crippen LogP contribution >= 0.6 is 0 Å². The topological polar surface area (TPSA) is 143 Å². The molecular weight excluding hydrogens is 408 g/mol. The Labute approximate surface area is 184 Å². The molecule has 0 aromatic carbocycles. The summed E-state index contributed by atoms with van der Waals surface area (Å²) in [6.07, 6.45) is 3.36. The molecule has 0 rings (SSSR count). The number of nitrogens with one attached hydrogen (secondary N) is 1. The average Bonchev–Trinajstić information content (AvgIpc) is 2.71. The van der Waals surface area contributed by atoms with Gasteiger partial charge in [-0.2, -0.15) is 0 Å². The highest BCUT2D eigenvalue weighted by Crippen LogP contribution is 1.97. The van der Waals surface area contributed by atoms with Crippen molar-refractivity contribution in [3.63, 3.8) is 0 Å². The first-order valence-corrected chi connectivity index (χ1v) is 10.8. The molecule has 0 heterocycles. The molecule has 0 aliphatic rings. The third kappa shape index (κ3) is 19.8. The van der Waals surface area contributed by atoms with E-state index in [1.165, 1.54) is 0 Å². The van der Waals surface area contributed by atoms with Gasteiger partial charge in [-0.1, -0.05) is 13.3 Å². The Hall–Kier alpha value is -1.88. The maximum absolute atomic E-state index is 11.7. The first-order chi connectivity index (χ1) is 14.9. The maximum atomic E-state index is 11.7. The number of amides is 2. The van der Waals surface area contributed by atoms with E-state index in [1.54, 1.807) is 6.92 Å². The van der Waals surface area contributed by atoms with Gasteiger partial charge in [-0.05, 0) is 26.2 Å². The van der Waals surface area contributed by atoms with Gasteiger partial charge in [0.15, 0.2) is 5.78 Å². The van der Waals surface area contributed by atoms with Gasteiger partial charge in [-0.25, -0.2) is 0 Å². The fourth-order valence-electron chi connectivity index (χ4n) is 2.47. The summed E-state index contributed by atoms with van der Waals surface area (Å²) < 4.78 is 21.1. The fraction of sp³-hybridized carbons (Fsp3) is 0.810. The van der Waals surface area contributed by atoms with Crippen LogP contribution in [0.2, 0.25) is 0 Å². The van der Waals surface area contributed by atoms with Crippen LogP contribution in [0.3, 0.4) is 0 Å². The SMILES string of the molecule is CCC[C@H](NC(=O)COCCOCCCC(=O)COCCOCCCC(C)=O)C(N)=O. The number of nitrogens with two attached hydrogens (primary N) is 1. The lowest BCUT2D eigenvalue weighted by Crippen LogP contribution is -2.45. The second-order valence-corrected chi connectivity index (χ2v) is 7.09. The van der Waals surface area contributed by atoms with E-state index >= 15 is 0 Å². The van der Waals surface area contributed by atoms with Crippen LogP contribution in [0.15, 0.2) is 0 Å². The van der Waals surface area contributed by atoms with E-state index in [0.29, 0.717) is 65.1 Å². The molecule has 0 unspecified atom stereocenters. The van der Waals surface area contributed by atoms with Gasteiger partial charge < -0.3 is 34.8 Å². The second kappa shape index (κ2) is 20.0. The van der Waals surface area contributed by atoms with Crippen LogP contribution in [0.5, 0.6) is 0 Å². The van der Waals surface area contributed by atoms with Crippen molar-refractivity contribution in [3.8, 4) is 0 Å². The standard InChI is InChI=1S/C21H38N2O8/c1-3-6-19(21(22)27)23-20(26)16-31-14-12-29-10-5-8-18(25)15-30-13-11-28-9-4-7-17(2)24/h19H,3-16H2,1-2H3,(H2,22,27)(H,23,26)/t19-/m0/s1. The van der Waals surface area contributed by atoms with Gasteiger partial charge >= 0.3 is 0 Å². The highest BCUT2D eigenvalue weighted by Gasteiger charge is 2.16. The lowest BCUT2D eigenvalue weighted by molar-refractivity contribution is -0.131. The number of hydrogen-bond donors (Lipinski definition) is 2. The largest absolute Gasteiger partial charge is 0.379 e. The Morgan fingerprint density at radius 3 is 1.90 bits per heavy atom. The lowest BCUT2D eigenvalue weighted by atomic mass is 10.1. The minimum absolute atomic E-state index is 0.0100. The summed E-state index contributed by atoms with van der Waals surface area (Å²) in [4.78, 5) is 45.3. The number of Topliss-reactive ketones (excluding diaryl/α,β-unsaturated/α-hetero) is 2. The van der Waals surface area contributed by atoms with Crippen molar-refractivity contribution in [2.24, 2.45) is 5.73 Å². The van der Waals surface area contributed by atoms with Crippen molar-refractivity contribution < 1.29 is 38.1 Å². The molecule has 0 aliphatic carbocycles. The monoisotopic (exact) mass is 446 g/mol. The van der Waals surface area contributed by atoms with E-state index in [0.717, 1.165) is 6.42 Å². The zero-order valence-corrected chi connectivity index (χ0v) is 18.8. The van der Waals surface area contributed by atoms with Crippen LogP contribution < -0.4 is 11.1 Å². The quantitative estimate of drug-likeness (QED) is 0.229. The summed E-state index contributed by atoms with van der Waals surface area (Å²) in [6.45, 7) is 5.49. The summed E-state index contributed by atoms with van der Waals surface area (Å²) in [7, 11) is 0. The Morgan fingerprint density at radius 1 is 0.806 bits per heavy atom. The summed E-state index contributed by atoms with van der Waals surface area (Å²) in [5.74, 6) is -0.826. The summed E-state index contributed by atoms with van der Waals surface area (Å²) >= 11 is 0. The second-order valence-electron chi connectivity index (χ2n) is 7.09. The van der Waals surface area contributed by atoms with Gasteiger partial charge in [-0.15, -0.1) is 0 Å². The maximum Gasteiger partial charge on any atom is 0.246 e. The van der Waals surface area contributed by atoms with Crippen molar-refractivity contribution in [2.45, 2.75) is 58.4 Å². The van der Waals surface area contributed by atoms with Crippen LogP contribution in [-0.2, 0) is 38.1 Å². The van der Waals surface area contributed by atoms with Crippen molar-refractivity contribution in [1.82, 2.24) is 5.32 Å². The number of rotatable bonds is 22. The number of ether oxygens (including phenoxy) is 4. The fourth-order valence-corrected chi connectivity index (χ4v) is 2.47. The van der Waals surface area contributed by atoms with Crippen molar-refractivity contribution in [1.29, 1.82) is 0 Å². The van der Waals surface area contributed by atoms with Crippen molar-refractivity contribution in [2.75, 3.05) is 52.9 Å². The summed E-state index contributed by atoms with van der Waals surface area (Å²) in [5, 5.41) is 2.53. The van der Waals surface area contributed by atoms with Gasteiger partial charge in [-0.3, -0.25) is 14.4 Å². The van der Waals surface area contributed by atoms with E-state index in [-0.39, 0.29) is 31.4 Å². The molecule has 0 aliphatic heterocycles. The molecule has 1 atom stereocenters. The first-order valence-electron chi connectivity index (χ1n) is 10.8. The van der Waals surface area contributed by atoms with E-state index in [1.807, 2.05) is 6.92 Å². The predicted molar refractivity (Wildman–Crippen MR) is 113 cm³/mol. The zero-order valence-electron chi connectivity index (χ0n) is 18.8. The number of carbonyl (C=O) groups is 4. The molecule has 10 heteroatoms. The van der Waals surface area contributed by atoms with Crippen LogP contribution in [0.4, 0.5) is 0 Å². The normalized spacial score (nSPS) is 11.8. The summed E-state index contributed by atoms with van der Waals surface area (Å²) in [6, 6.07) is -0.677. The Balaban J connectivity index is 3.46. The predicted octanol–water partition coefficient (Wildman–Crippen LogP) is 0.542. The molecule has 180 valence electrons. The molecule has 3 N–H and O–H groups in total. The van der Waals surface area contributed by atoms with Gasteiger partial charge in [0.2, 0.25) is 11.8 Å². The van der Waals surface area contributed by atoms with Crippen LogP contribution in [0.25, 0.3) is 0 Å². The molecule has 0 aromatic rings. The van der Waals surface area contributed by atoms with Gasteiger partial charge in [0.1, 0.15) is 25.0 Å². The van der Waals surface area contributed by atoms with E-state index < -0.39 is 17.9 Å². The van der Waals surface area contributed by atoms with Crippen LogP contribution in [0.1, 0.15) is 52.4 Å². The lowest BCUT2D eigenvalue weighted by Gasteiger charge is -2.14. The molecular formula is C21H38N2O8. The zero-order chi connectivity index (χ0) is 23.3. The Bertz CT molecular complexity index is 528. The molecule has 0 aromatic heterocycles. The Morgan fingerprint density at radius 2 is 1.35 bits per heavy atom. The molecule has 0 fully saturated rings. The van der Waals surface area contributed by atoms with Crippen molar-refractivity contribution in [3.05, 3.63) is 0 Å². The van der Waals surface area contributed by atoms with E-state index in [4.69, 9.17) is 24.7 Å². The average molecular weight is 447 g/mol. The van der Waals surface area contributed by atoms with E-state index in [9.17, 15) is 19.2 Å². The van der Waals surface area contributed by atoms with Gasteiger partial charge in [0, 0.05) is 26.1 Å². The molecule has 0 spiro atoms.